The molecule has 5 aliphatic rings. The molecule has 5 fully saturated rings. The van der Waals surface area contributed by atoms with Crippen LogP contribution in [0.4, 0.5) is 0 Å². The molecule has 4 bridgehead atoms. The SMILES string of the molecule is C[C@@H](NC(=S)NC[C@H]1CCCO1)C12CC3CC(CC(C3)C1)C2. The van der Waals surface area contributed by atoms with Crippen LogP contribution in [0, 0.1) is 23.2 Å². The first-order valence-electron chi connectivity index (χ1n) is 9.29. The molecule has 22 heavy (non-hydrogen) atoms. The Kier molecular flexibility index (Phi) is 4.10. The molecule has 4 heteroatoms. The summed E-state index contributed by atoms with van der Waals surface area (Å²) in [5.41, 5.74) is 0.518. The van der Waals surface area contributed by atoms with Crippen LogP contribution < -0.4 is 10.6 Å². The summed E-state index contributed by atoms with van der Waals surface area (Å²) in [4.78, 5) is 0. The number of rotatable bonds is 4. The summed E-state index contributed by atoms with van der Waals surface area (Å²) >= 11 is 5.54. The van der Waals surface area contributed by atoms with Crippen molar-refractivity contribution in [3.63, 3.8) is 0 Å². The second-order valence-corrected chi connectivity index (χ2v) is 8.90. The monoisotopic (exact) mass is 322 g/mol. The predicted molar refractivity (Wildman–Crippen MR) is 92.8 cm³/mol. The van der Waals surface area contributed by atoms with Gasteiger partial charge in [-0.15, -0.1) is 0 Å². The van der Waals surface area contributed by atoms with Gasteiger partial charge in [0.25, 0.3) is 0 Å². The van der Waals surface area contributed by atoms with E-state index in [2.05, 4.69) is 17.6 Å². The van der Waals surface area contributed by atoms with Crippen LogP contribution in [0.5, 0.6) is 0 Å². The van der Waals surface area contributed by atoms with Gasteiger partial charge in [0.2, 0.25) is 0 Å². The van der Waals surface area contributed by atoms with Gasteiger partial charge in [-0.05, 0) is 93.7 Å². The smallest absolute Gasteiger partial charge is 0.166 e. The van der Waals surface area contributed by atoms with E-state index >= 15 is 0 Å². The number of nitrogens with one attached hydrogen (secondary N) is 2. The van der Waals surface area contributed by atoms with Crippen molar-refractivity contribution in [3.05, 3.63) is 0 Å². The van der Waals surface area contributed by atoms with Crippen LogP contribution in [-0.2, 0) is 4.74 Å². The number of ether oxygens (including phenoxy) is 1. The molecule has 1 saturated heterocycles. The third-order valence-corrected chi connectivity index (χ3v) is 7.13. The van der Waals surface area contributed by atoms with Gasteiger partial charge in [0.15, 0.2) is 5.11 Å². The van der Waals surface area contributed by atoms with Crippen LogP contribution in [0.1, 0.15) is 58.3 Å². The van der Waals surface area contributed by atoms with Gasteiger partial charge in [-0.3, -0.25) is 0 Å². The highest BCUT2D eigenvalue weighted by molar-refractivity contribution is 7.80. The average molecular weight is 323 g/mol. The molecule has 124 valence electrons. The van der Waals surface area contributed by atoms with Crippen LogP contribution in [0.25, 0.3) is 0 Å². The lowest BCUT2D eigenvalue weighted by molar-refractivity contribution is -0.0672. The first kappa shape index (κ1) is 15.2. The van der Waals surface area contributed by atoms with E-state index in [1.165, 1.54) is 51.4 Å². The van der Waals surface area contributed by atoms with E-state index in [1.54, 1.807) is 0 Å². The van der Waals surface area contributed by atoms with E-state index in [4.69, 9.17) is 17.0 Å². The van der Waals surface area contributed by atoms with Crippen molar-refractivity contribution in [3.8, 4) is 0 Å². The van der Waals surface area contributed by atoms with Crippen molar-refractivity contribution in [2.75, 3.05) is 13.2 Å². The fourth-order valence-corrected chi connectivity index (χ4v) is 6.38. The summed E-state index contributed by atoms with van der Waals surface area (Å²) in [6.45, 7) is 4.14. The van der Waals surface area contributed by atoms with Crippen LogP contribution in [0.15, 0.2) is 0 Å². The number of hydrogen-bond donors (Lipinski definition) is 2. The summed E-state index contributed by atoms with van der Waals surface area (Å²) in [5.74, 6) is 3.01. The first-order valence-corrected chi connectivity index (χ1v) is 9.70. The summed E-state index contributed by atoms with van der Waals surface area (Å²) in [6, 6.07) is 0.505. The molecule has 0 amide bonds. The highest BCUT2D eigenvalue weighted by Gasteiger charge is 2.53. The Labute approximate surface area is 139 Å². The van der Waals surface area contributed by atoms with Gasteiger partial charge in [0, 0.05) is 19.2 Å². The fourth-order valence-electron chi connectivity index (χ4n) is 6.12. The summed E-state index contributed by atoms with van der Waals surface area (Å²) in [5, 5.41) is 7.84. The second kappa shape index (κ2) is 5.94. The molecule has 0 radical (unpaired) electrons. The van der Waals surface area contributed by atoms with E-state index in [0.717, 1.165) is 36.0 Å². The minimum atomic E-state index is 0.356. The Hall–Kier alpha value is -0.350. The van der Waals surface area contributed by atoms with Gasteiger partial charge in [-0.25, -0.2) is 0 Å². The molecular weight excluding hydrogens is 292 g/mol. The number of hydrogen-bond acceptors (Lipinski definition) is 2. The summed E-state index contributed by atoms with van der Waals surface area (Å²) < 4.78 is 5.66. The van der Waals surface area contributed by atoms with E-state index in [9.17, 15) is 0 Å². The molecule has 3 nitrogen and oxygen atoms in total. The van der Waals surface area contributed by atoms with Crippen molar-refractivity contribution in [1.29, 1.82) is 0 Å². The van der Waals surface area contributed by atoms with E-state index in [1.807, 2.05) is 0 Å². The molecule has 2 N–H and O–H groups in total. The third-order valence-electron chi connectivity index (χ3n) is 6.87. The van der Waals surface area contributed by atoms with Crippen LogP contribution in [0.3, 0.4) is 0 Å². The lowest BCUT2D eigenvalue weighted by Gasteiger charge is -2.59. The van der Waals surface area contributed by atoms with Gasteiger partial charge < -0.3 is 15.4 Å². The standard InChI is InChI=1S/C18H30N2OS/c1-12(20-17(22)19-11-16-3-2-4-21-16)18-8-13-5-14(9-18)7-15(6-13)10-18/h12-16H,2-11H2,1H3,(H2,19,20,22)/t12-,13?,14?,15?,16-,18?/m1/s1. The van der Waals surface area contributed by atoms with Gasteiger partial charge in [0.05, 0.1) is 6.10 Å². The Balaban J connectivity index is 1.31. The Bertz CT molecular complexity index is 398. The van der Waals surface area contributed by atoms with Crippen LogP contribution >= 0.6 is 12.2 Å². The molecule has 5 rings (SSSR count). The normalized spacial score (nSPS) is 44.0. The quantitative estimate of drug-likeness (QED) is 0.779. The maximum absolute atomic E-state index is 5.66. The molecule has 4 saturated carbocycles. The molecular formula is C18H30N2OS. The summed E-state index contributed by atoms with van der Waals surface area (Å²) in [6.07, 6.45) is 11.5. The molecule has 1 heterocycles. The zero-order valence-electron chi connectivity index (χ0n) is 13.8. The first-order chi connectivity index (χ1) is 10.6. The van der Waals surface area contributed by atoms with Crippen molar-refractivity contribution in [2.24, 2.45) is 23.2 Å². The number of thiocarbonyl (C=S) groups is 1. The zero-order valence-corrected chi connectivity index (χ0v) is 14.6. The molecule has 0 aromatic heterocycles. The average Bonchev–Trinajstić information content (AvgIpc) is 2.97. The van der Waals surface area contributed by atoms with E-state index < -0.39 is 0 Å². The van der Waals surface area contributed by atoms with Crippen molar-refractivity contribution < 1.29 is 4.74 Å². The largest absolute Gasteiger partial charge is 0.376 e. The zero-order chi connectivity index (χ0) is 15.2. The maximum Gasteiger partial charge on any atom is 0.166 e. The van der Waals surface area contributed by atoms with E-state index in [-0.39, 0.29) is 0 Å². The third kappa shape index (κ3) is 2.89. The second-order valence-electron chi connectivity index (χ2n) is 8.49. The highest BCUT2D eigenvalue weighted by Crippen LogP contribution is 2.61. The van der Waals surface area contributed by atoms with E-state index in [0.29, 0.717) is 17.6 Å². The maximum atomic E-state index is 5.66. The molecule has 4 aliphatic carbocycles. The Morgan fingerprint density at radius 2 is 1.82 bits per heavy atom. The van der Waals surface area contributed by atoms with Crippen molar-refractivity contribution in [1.82, 2.24) is 10.6 Å². The van der Waals surface area contributed by atoms with Gasteiger partial charge in [-0.1, -0.05) is 0 Å². The lowest BCUT2D eigenvalue weighted by Crippen LogP contribution is -2.57. The Morgan fingerprint density at radius 1 is 1.18 bits per heavy atom. The summed E-state index contributed by atoms with van der Waals surface area (Å²) in [7, 11) is 0. The molecule has 0 spiro atoms. The molecule has 1 aliphatic heterocycles. The fraction of sp³-hybridized carbons (Fsp3) is 0.944. The van der Waals surface area contributed by atoms with Crippen LogP contribution in [-0.4, -0.2) is 30.4 Å². The molecule has 0 unspecified atom stereocenters. The topological polar surface area (TPSA) is 33.3 Å². The Morgan fingerprint density at radius 3 is 2.36 bits per heavy atom. The van der Waals surface area contributed by atoms with Gasteiger partial charge in [0.1, 0.15) is 0 Å². The lowest BCUT2D eigenvalue weighted by atomic mass is 9.48. The molecule has 2 atom stereocenters. The molecule has 0 aromatic carbocycles. The van der Waals surface area contributed by atoms with Gasteiger partial charge >= 0.3 is 0 Å². The van der Waals surface area contributed by atoms with Gasteiger partial charge in [-0.2, -0.15) is 0 Å². The van der Waals surface area contributed by atoms with Crippen LogP contribution in [0.2, 0.25) is 0 Å². The van der Waals surface area contributed by atoms with Crippen molar-refractivity contribution in [2.45, 2.75) is 70.4 Å². The minimum Gasteiger partial charge on any atom is -0.376 e. The minimum absolute atomic E-state index is 0.356. The molecule has 0 aromatic rings. The van der Waals surface area contributed by atoms with Crippen molar-refractivity contribution >= 4 is 17.3 Å². The highest BCUT2D eigenvalue weighted by atomic mass is 32.1. The predicted octanol–water partition coefficient (Wildman–Crippen LogP) is 3.23.